The highest BCUT2D eigenvalue weighted by Gasteiger charge is 2.15. The van der Waals surface area contributed by atoms with Crippen LogP contribution in [-0.2, 0) is 17.9 Å². The fourth-order valence-electron chi connectivity index (χ4n) is 1.91. The maximum Gasteiger partial charge on any atom is 0.305 e. The van der Waals surface area contributed by atoms with E-state index < -0.39 is 5.97 Å². The second kappa shape index (κ2) is 6.33. The van der Waals surface area contributed by atoms with E-state index in [-0.39, 0.29) is 12.5 Å². The summed E-state index contributed by atoms with van der Waals surface area (Å²) in [4.78, 5) is 12.6. The molecule has 1 unspecified atom stereocenters. The standard InChI is InChI=1S/C13H18N4O3/c1-10(12-4-6-20-15-12)16(2)8-11-7-14-17(9-11)5-3-13(18)19/h4,6-7,9-10H,3,5,8H2,1-2H3,(H,18,19). The molecular weight excluding hydrogens is 260 g/mol. The molecule has 0 aromatic carbocycles. The van der Waals surface area contributed by atoms with E-state index in [2.05, 4.69) is 15.2 Å². The van der Waals surface area contributed by atoms with Crippen LogP contribution in [0.25, 0.3) is 0 Å². The number of hydrogen-bond acceptors (Lipinski definition) is 5. The number of carboxylic acids is 1. The highest BCUT2D eigenvalue weighted by atomic mass is 16.5. The van der Waals surface area contributed by atoms with Gasteiger partial charge in [0, 0.05) is 24.4 Å². The van der Waals surface area contributed by atoms with Crippen molar-refractivity contribution in [3.05, 3.63) is 36.0 Å². The lowest BCUT2D eigenvalue weighted by molar-refractivity contribution is -0.137. The fourth-order valence-corrected chi connectivity index (χ4v) is 1.91. The van der Waals surface area contributed by atoms with E-state index in [0.717, 1.165) is 11.3 Å². The first-order valence-electron chi connectivity index (χ1n) is 6.40. The summed E-state index contributed by atoms with van der Waals surface area (Å²) < 4.78 is 6.50. The average molecular weight is 278 g/mol. The van der Waals surface area contributed by atoms with Crippen molar-refractivity contribution in [1.29, 1.82) is 0 Å². The zero-order valence-electron chi connectivity index (χ0n) is 11.6. The van der Waals surface area contributed by atoms with Crippen LogP contribution in [0.5, 0.6) is 0 Å². The van der Waals surface area contributed by atoms with Gasteiger partial charge in [-0.15, -0.1) is 0 Å². The average Bonchev–Trinajstić information content (AvgIpc) is 3.06. The molecule has 2 rings (SSSR count). The van der Waals surface area contributed by atoms with Gasteiger partial charge in [-0.2, -0.15) is 5.10 Å². The summed E-state index contributed by atoms with van der Waals surface area (Å²) in [6.45, 7) is 3.14. The fraction of sp³-hybridized carbons (Fsp3) is 0.462. The van der Waals surface area contributed by atoms with Crippen molar-refractivity contribution in [3.63, 3.8) is 0 Å². The molecule has 1 atom stereocenters. The molecule has 1 N–H and O–H groups in total. The lowest BCUT2D eigenvalue weighted by atomic mass is 10.2. The monoisotopic (exact) mass is 278 g/mol. The number of hydrogen-bond donors (Lipinski definition) is 1. The van der Waals surface area contributed by atoms with Crippen LogP contribution in [0, 0.1) is 0 Å². The number of aryl methyl sites for hydroxylation is 1. The maximum atomic E-state index is 10.5. The van der Waals surface area contributed by atoms with Gasteiger partial charge in [0.1, 0.15) is 12.0 Å². The van der Waals surface area contributed by atoms with Crippen LogP contribution in [0.15, 0.2) is 29.2 Å². The van der Waals surface area contributed by atoms with Crippen molar-refractivity contribution >= 4 is 5.97 Å². The van der Waals surface area contributed by atoms with Crippen LogP contribution in [-0.4, -0.2) is 38.0 Å². The van der Waals surface area contributed by atoms with E-state index in [0.29, 0.717) is 13.1 Å². The summed E-state index contributed by atoms with van der Waals surface area (Å²) in [5.74, 6) is -0.821. The summed E-state index contributed by atoms with van der Waals surface area (Å²) in [5, 5.41) is 16.7. The summed E-state index contributed by atoms with van der Waals surface area (Å²) in [6, 6.07) is 1.98. The topological polar surface area (TPSA) is 84.4 Å². The Hall–Kier alpha value is -2.15. The van der Waals surface area contributed by atoms with Crippen LogP contribution in [0.1, 0.15) is 30.6 Å². The number of carbonyl (C=O) groups is 1. The Morgan fingerprint density at radius 3 is 3.05 bits per heavy atom. The summed E-state index contributed by atoms with van der Waals surface area (Å²) in [6.07, 6.45) is 5.26. The van der Waals surface area contributed by atoms with Crippen molar-refractivity contribution < 1.29 is 14.4 Å². The Morgan fingerprint density at radius 2 is 2.40 bits per heavy atom. The smallest absolute Gasteiger partial charge is 0.305 e. The molecule has 2 aromatic rings. The van der Waals surface area contributed by atoms with Crippen LogP contribution in [0.2, 0.25) is 0 Å². The van der Waals surface area contributed by atoms with Crippen molar-refractivity contribution in [2.75, 3.05) is 7.05 Å². The van der Waals surface area contributed by atoms with Gasteiger partial charge in [0.05, 0.1) is 25.2 Å². The minimum absolute atomic E-state index is 0.0757. The van der Waals surface area contributed by atoms with Crippen molar-refractivity contribution in [3.8, 4) is 0 Å². The Morgan fingerprint density at radius 1 is 1.60 bits per heavy atom. The molecule has 0 radical (unpaired) electrons. The molecule has 7 nitrogen and oxygen atoms in total. The second-order valence-electron chi connectivity index (χ2n) is 4.77. The molecule has 0 bridgehead atoms. The van der Waals surface area contributed by atoms with E-state index >= 15 is 0 Å². The van der Waals surface area contributed by atoms with Gasteiger partial charge in [0.2, 0.25) is 0 Å². The van der Waals surface area contributed by atoms with Gasteiger partial charge in [-0.05, 0) is 14.0 Å². The summed E-state index contributed by atoms with van der Waals surface area (Å²) >= 11 is 0. The van der Waals surface area contributed by atoms with Gasteiger partial charge in [-0.3, -0.25) is 14.4 Å². The molecule has 20 heavy (non-hydrogen) atoms. The van der Waals surface area contributed by atoms with Gasteiger partial charge in [0.25, 0.3) is 0 Å². The molecule has 0 amide bonds. The van der Waals surface area contributed by atoms with Gasteiger partial charge in [0.15, 0.2) is 0 Å². The van der Waals surface area contributed by atoms with E-state index in [9.17, 15) is 4.79 Å². The van der Waals surface area contributed by atoms with Crippen LogP contribution in [0.3, 0.4) is 0 Å². The van der Waals surface area contributed by atoms with Crippen LogP contribution < -0.4 is 0 Å². The first-order valence-corrected chi connectivity index (χ1v) is 6.40. The number of rotatable bonds is 7. The first kappa shape index (κ1) is 14.3. The molecule has 0 aliphatic rings. The van der Waals surface area contributed by atoms with Crippen molar-refractivity contribution in [1.82, 2.24) is 19.8 Å². The Balaban J connectivity index is 1.91. The molecule has 0 aliphatic heterocycles. The third-order valence-corrected chi connectivity index (χ3v) is 3.22. The molecule has 0 saturated carbocycles. The van der Waals surface area contributed by atoms with E-state index in [1.807, 2.05) is 26.2 Å². The van der Waals surface area contributed by atoms with Crippen LogP contribution in [0.4, 0.5) is 0 Å². The Labute approximate surface area is 116 Å². The molecular formula is C13H18N4O3. The van der Waals surface area contributed by atoms with Crippen molar-refractivity contribution in [2.24, 2.45) is 0 Å². The minimum atomic E-state index is -0.821. The molecule has 108 valence electrons. The summed E-state index contributed by atoms with van der Waals surface area (Å²) in [7, 11) is 1.99. The molecule has 0 fully saturated rings. The summed E-state index contributed by atoms with van der Waals surface area (Å²) in [5.41, 5.74) is 1.92. The van der Waals surface area contributed by atoms with E-state index in [4.69, 9.17) is 9.63 Å². The number of nitrogens with zero attached hydrogens (tertiary/aromatic N) is 4. The third kappa shape index (κ3) is 3.67. The molecule has 2 aromatic heterocycles. The second-order valence-corrected chi connectivity index (χ2v) is 4.77. The van der Waals surface area contributed by atoms with E-state index in [1.165, 1.54) is 0 Å². The highest BCUT2D eigenvalue weighted by molar-refractivity contribution is 5.66. The van der Waals surface area contributed by atoms with Gasteiger partial charge in [-0.25, -0.2) is 0 Å². The maximum absolute atomic E-state index is 10.5. The zero-order chi connectivity index (χ0) is 14.5. The molecule has 0 spiro atoms. The number of aliphatic carboxylic acids is 1. The minimum Gasteiger partial charge on any atom is -0.481 e. The third-order valence-electron chi connectivity index (χ3n) is 3.22. The molecule has 0 saturated heterocycles. The predicted octanol–water partition coefficient (Wildman–Crippen LogP) is 1.54. The molecule has 0 aliphatic carbocycles. The van der Waals surface area contributed by atoms with Gasteiger partial charge < -0.3 is 9.63 Å². The lowest BCUT2D eigenvalue weighted by Gasteiger charge is -2.21. The largest absolute Gasteiger partial charge is 0.481 e. The van der Waals surface area contributed by atoms with Crippen LogP contribution >= 0.6 is 0 Å². The highest BCUT2D eigenvalue weighted by Crippen LogP contribution is 2.18. The van der Waals surface area contributed by atoms with Crippen molar-refractivity contribution in [2.45, 2.75) is 32.5 Å². The lowest BCUT2D eigenvalue weighted by Crippen LogP contribution is -2.21. The SMILES string of the molecule is CC(c1ccon1)N(C)Cc1cnn(CCC(=O)O)c1. The number of aromatic nitrogens is 3. The number of carboxylic acid groups (broad SMARTS) is 1. The molecule has 2 heterocycles. The van der Waals surface area contributed by atoms with Gasteiger partial charge >= 0.3 is 5.97 Å². The molecule has 7 heteroatoms. The zero-order valence-corrected chi connectivity index (χ0v) is 11.6. The Kier molecular flexibility index (Phi) is 4.52. The Bertz CT molecular complexity index is 550. The predicted molar refractivity (Wildman–Crippen MR) is 70.9 cm³/mol. The van der Waals surface area contributed by atoms with Gasteiger partial charge in [-0.1, -0.05) is 5.16 Å². The first-order chi connectivity index (χ1) is 9.56. The normalized spacial score (nSPS) is 12.8. The van der Waals surface area contributed by atoms with E-state index in [1.54, 1.807) is 17.1 Å². The quantitative estimate of drug-likeness (QED) is 0.827.